The maximum absolute atomic E-state index is 13.5. The number of carbonyl (C=O) groups is 2. The number of rotatable bonds is 3. The van der Waals surface area contributed by atoms with Gasteiger partial charge in [0.05, 0.1) is 18.8 Å². The van der Waals surface area contributed by atoms with Gasteiger partial charge in [-0.2, -0.15) is 0 Å². The largest absolute Gasteiger partial charge is 0.378 e. The van der Waals surface area contributed by atoms with Gasteiger partial charge in [0.15, 0.2) is 0 Å². The fourth-order valence-electron chi connectivity index (χ4n) is 4.44. The Bertz CT molecular complexity index is 966. The molecule has 31 heavy (non-hydrogen) atoms. The zero-order valence-electron chi connectivity index (χ0n) is 18.9. The first kappa shape index (κ1) is 22.0. The van der Waals surface area contributed by atoms with Crippen molar-refractivity contribution in [2.24, 2.45) is 11.3 Å². The van der Waals surface area contributed by atoms with E-state index < -0.39 is 0 Å². The standard InChI is InChI=1S/C25H32N2O3S/c1-16-5-7-17(8-6-16)22(28)26-23-21(24(29)27-11-13-30-14-12-27)19-10-9-18(25(2,3)4)15-20(19)31-23/h5-8,18H,9-15H2,1-4H3,(H,26,28). The van der Waals surface area contributed by atoms with Gasteiger partial charge in [0.25, 0.3) is 11.8 Å². The molecular weight excluding hydrogens is 408 g/mol. The van der Waals surface area contributed by atoms with E-state index in [9.17, 15) is 9.59 Å². The van der Waals surface area contributed by atoms with Gasteiger partial charge in [-0.15, -0.1) is 11.3 Å². The Morgan fingerprint density at radius 1 is 1.13 bits per heavy atom. The molecule has 4 rings (SSSR count). The summed E-state index contributed by atoms with van der Waals surface area (Å²) in [7, 11) is 0. The lowest BCUT2D eigenvalue weighted by Gasteiger charge is -2.34. The van der Waals surface area contributed by atoms with Crippen molar-refractivity contribution in [1.82, 2.24) is 4.90 Å². The van der Waals surface area contributed by atoms with E-state index in [-0.39, 0.29) is 17.2 Å². The minimum Gasteiger partial charge on any atom is -0.378 e. The van der Waals surface area contributed by atoms with E-state index >= 15 is 0 Å². The molecule has 1 aliphatic carbocycles. The van der Waals surface area contributed by atoms with Gasteiger partial charge in [-0.25, -0.2) is 0 Å². The summed E-state index contributed by atoms with van der Waals surface area (Å²) in [5.41, 5.74) is 3.78. The molecule has 166 valence electrons. The molecule has 2 amide bonds. The average Bonchev–Trinajstić information content (AvgIpc) is 3.10. The van der Waals surface area contributed by atoms with Crippen LogP contribution < -0.4 is 5.32 Å². The number of amides is 2. The van der Waals surface area contributed by atoms with Crippen LogP contribution in [0.5, 0.6) is 0 Å². The van der Waals surface area contributed by atoms with Gasteiger partial charge in [0.1, 0.15) is 5.00 Å². The van der Waals surface area contributed by atoms with E-state index in [1.807, 2.05) is 36.1 Å². The molecular formula is C25H32N2O3S. The Labute approximate surface area is 188 Å². The highest BCUT2D eigenvalue weighted by atomic mass is 32.1. The summed E-state index contributed by atoms with van der Waals surface area (Å²) >= 11 is 1.59. The van der Waals surface area contributed by atoms with E-state index in [0.29, 0.717) is 48.3 Å². The normalized spacial score (nSPS) is 19.1. The third kappa shape index (κ3) is 4.70. The number of ether oxygens (including phenoxy) is 1. The van der Waals surface area contributed by atoms with Crippen molar-refractivity contribution in [1.29, 1.82) is 0 Å². The molecule has 1 unspecified atom stereocenters. The van der Waals surface area contributed by atoms with Gasteiger partial charge in [0, 0.05) is 23.5 Å². The maximum Gasteiger partial charge on any atom is 0.257 e. The molecule has 6 heteroatoms. The minimum absolute atomic E-state index is 0.0224. The summed E-state index contributed by atoms with van der Waals surface area (Å²) in [6.45, 7) is 11.2. The van der Waals surface area contributed by atoms with Gasteiger partial charge < -0.3 is 15.0 Å². The first-order valence-corrected chi connectivity index (χ1v) is 12.0. The highest BCUT2D eigenvalue weighted by Gasteiger charge is 2.35. The molecule has 2 aliphatic rings. The van der Waals surface area contributed by atoms with Gasteiger partial charge in [-0.3, -0.25) is 9.59 Å². The number of hydrogen-bond acceptors (Lipinski definition) is 4. The van der Waals surface area contributed by atoms with Crippen molar-refractivity contribution in [2.45, 2.75) is 47.0 Å². The Balaban J connectivity index is 1.67. The summed E-state index contributed by atoms with van der Waals surface area (Å²) in [5.74, 6) is 0.432. The Morgan fingerprint density at radius 3 is 2.45 bits per heavy atom. The number of anilines is 1. The van der Waals surface area contributed by atoms with Crippen LogP contribution in [-0.2, 0) is 17.6 Å². The molecule has 0 bridgehead atoms. The Morgan fingerprint density at radius 2 is 1.81 bits per heavy atom. The van der Waals surface area contributed by atoms with E-state index in [4.69, 9.17) is 4.74 Å². The predicted molar refractivity (Wildman–Crippen MR) is 125 cm³/mol. The molecule has 2 heterocycles. The summed E-state index contributed by atoms with van der Waals surface area (Å²) in [6, 6.07) is 7.53. The molecule has 1 aliphatic heterocycles. The molecule has 0 saturated carbocycles. The molecule has 1 aromatic carbocycles. The number of nitrogens with one attached hydrogen (secondary N) is 1. The number of morpholine rings is 1. The summed E-state index contributed by atoms with van der Waals surface area (Å²) in [5, 5.41) is 3.77. The number of thiophene rings is 1. The molecule has 2 aromatic rings. The Kier molecular flexibility index (Phi) is 6.22. The number of benzene rings is 1. The van der Waals surface area contributed by atoms with Gasteiger partial charge in [-0.1, -0.05) is 38.5 Å². The lowest BCUT2D eigenvalue weighted by Crippen LogP contribution is -2.41. The Hall–Kier alpha value is -2.18. The molecule has 1 atom stereocenters. The van der Waals surface area contributed by atoms with Crippen LogP contribution >= 0.6 is 11.3 Å². The number of aryl methyl sites for hydroxylation is 1. The molecule has 0 radical (unpaired) electrons. The average molecular weight is 441 g/mol. The summed E-state index contributed by atoms with van der Waals surface area (Å²) < 4.78 is 5.43. The van der Waals surface area contributed by atoms with Crippen LogP contribution in [0.3, 0.4) is 0 Å². The molecule has 1 saturated heterocycles. The second-order valence-corrected chi connectivity index (χ2v) is 10.8. The van der Waals surface area contributed by atoms with Crippen LogP contribution in [0.4, 0.5) is 5.00 Å². The molecule has 5 nitrogen and oxygen atoms in total. The smallest absolute Gasteiger partial charge is 0.257 e. The second-order valence-electron chi connectivity index (χ2n) is 9.74. The highest BCUT2D eigenvalue weighted by molar-refractivity contribution is 7.17. The lowest BCUT2D eigenvalue weighted by molar-refractivity contribution is 0.0303. The third-order valence-electron chi connectivity index (χ3n) is 6.54. The van der Waals surface area contributed by atoms with Crippen molar-refractivity contribution in [3.05, 3.63) is 51.4 Å². The number of fused-ring (bicyclic) bond motifs is 1. The number of carbonyl (C=O) groups excluding carboxylic acids is 2. The van der Waals surface area contributed by atoms with Gasteiger partial charge in [-0.05, 0) is 55.2 Å². The maximum atomic E-state index is 13.5. The SMILES string of the molecule is Cc1ccc(C(=O)Nc2sc3c(c2C(=O)N2CCOCC2)CCC(C(C)(C)C)C3)cc1. The van der Waals surface area contributed by atoms with Crippen LogP contribution in [0.25, 0.3) is 0 Å². The van der Waals surface area contributed by atoms with Crippen LogP contribution in [0.15, 0.2) is 24.3 Å². The third-order valence-corrected chi connectivity index (χ3v) is 7.71. The van der Waals surface area contributed by atoms with Crippen molar-refractivity contribution in [3.8, 4) is 0 Å². The first-order valence-electron chi connectivity index (χ1n) is 11.1. The highest BCUT2D eigenvalue weighted by Crippen LogP contribution is 2.44. The van der Waals surface area contributed by atoms with Gasteiger partial charge >= 0.3 is 0 Å². The van der Waals surface area contributed by atoms with Crippen molar-refractivity contribution < 1.29 is 14.3 Å². The molecule has 0 spiro atoms. The quantitative estimate of drug-likeness (QED) is 0.736. The van der Waals surface area contributed by atoms with E-state index in [1.54, 1.807) is 11.3 Å². The van der Waals surface area contributed by atoms with Crippen LogP contribution in [0.2, 0.25) is 0 Å². The van der Waals surface area contributed by atoms with Crippen molar-refractivity contribution >= 4 is 28.2 Å². The van der Waals surface area contributed by atoms with Crippen molar-refractivity contribution in [3.63, 3.8) is 0 Å². The predicted octanol–water partition coefficient (Wildman–Crippen LogP) is 4.93. The van der Waals surface area contributed by atoms with Gasteiger partial charge in [0.2, 0.25) is 0 Å². The summed E-state index contributed by atoms with van der Waals surface area (Å²) in [4.78, 5) is 29.6. The van der Waals surface area contributed by atoms with E-state index in [1.165, 1.54) is 4.88 Å². The molecule has 1 aromatic heterocycles. The van der Waals surface area contributed by atoms with Crippen molar-refractivity contribution in [2.75, 3.05) is 31.6 Å². The van der Waals surface area contributed by atoms with Crippen LogP contribution in [0.1, 0.15) is 63.9 Å². The molecule has 1 fully saturated rings. The monoisotopic (exact) mass is 440 g/mol. The lowest BCUT2D eigenvalue weighted by atomic mass is 9.72. The number of hydrogen-bond donors (Lipinski definition) is 1. The fourth-order valence-corrected chi connectivity index (χ4v) is 5.76. The zero-order chi connectivity index (χ0) is 22.2. The second kappa shape index (κ2) is 8.75. The zero-order valence-corrected chi connectivity index (χ0v) is 19.7. The van der Waals surface area contributed by atoms with E-state index in [0.717, 1.165) is 30.4 Å². The van der Waals surface area contributed by atoms with E-state index in [2.05, 4.69) is 26.1 Å². The summed E-state index contributed by atoms with van der Waals surface area (Å²) in [6.07, 6.45) is 2.93. The minimum atomic E-state index is -0.165. The fraction of sp³-hybridized carbons (Fsp3) is 0.520. The molecule has 1 N–H and O–H groups in total. The number of nitrogens with zero attached hydrogens (tertiary/aromatic N) is 1. The van der Waals surface area contributed by atoms with Crippen LogP contribution in [0, 0.1) is 18.3 Å². The first-order chi connectivity index (χ1) is 14.7. The topological polar surface area (TPSA) is 58.6 Å². The van der Waals surface area contributed by atoms with Crippen LogP contribution in [-0.4, -0.2) is 43.0 Å².